The van der Waals surface area contributed by atoms with E-state index in [1.165, 1.54) is 11.2 Å². The molecule has 24 heavy (non-hydrogen) atoms. The molecule has 1 aliphatic rings. The number of thioether (sulfide) groups is 1. The predicted octanol–water partition coefficient (Wildman–Crippen LogP) is 1.50. The van der Waals surface area contributed by atoms with Gasteiger partial charge in [0.15, 0.2) is 0 Å². The third kappa shape index (κ3) is 4.68. The smallest absolute Gasteiger partial charge is 0.323 e. The zero-order valence-corrected chi connectivity index (χ0v) is 15.6. The molecule has 0 bridgehead atoms. The molecular formula is C15H26N6O2S. The van der Waals surface area contributed by atoms with E-state index >= 15 is 0 Å². The maximum absolute atomic E-state index is 12.7. The third-order valence-corrected chi connectivity index (χ3v) is 5.62. The van der Waals surface area contributed by atoms with E-state index in [9.17, 15) is 9.59 Å². The summed E-state index contributed by atoms with van der Waals surface area (Å²) in [6.45, 7) is 8.69. The molecule has 1 atom stereocenters. The second-order valence-corrected chi connectivity index (χ2v) is 8.08. The highest BCUT2D eigenvalue weighted by Crippen LogP contribution is 2.30. The fraction of sp³-hybridized carbons (Fsp3) is 0.800. The minimum atomic E-state index is -0.175. The molecule has 134 valence electrons. The molecule has 1 aromatic heterocycles. The molecule has 0 saturated carbocycles. The first-order chi connectivity index (χ1) is 11.3. The molecule has 2 heterocycles. The molecule has 0 N–H and O–H groups in total. The molecule has 1 aromatic rings. The molecule has 0 aliphatic carbocycles. The van der Waals surface area contributed by atoms with Gasteiger partial charge in [0.25, 0.3) is 0 Å². The van der Waals surface area contributed by atoms with E-state index in [-0.39, 0.29) is 17.4 Å². The van der Waals surface area contributed by atoms with Crippen molar-refractivity contribution in [2.45, 2.75) is 45.4 Å². The van der Waals surface area contributed by atoms with Crippen LogP contribution in [0.5, 0.6) is 0 Å². The summed E-state index contributed by atoms with van der Waals surface area (Å²) in [4.78, 5) is 28.0. The van der Waals surface area contributed by atoms with Gasteiger partial charge in [0.05, 0.1) is 0 Å². The normalized spacial score (nSPS) is 17.5. The zero-order valence-electron chi connectivity index (χ0n) is 14.8. The number of aromatic nitrogens is 4. The Bertz CT molecular complexity index is 557. The van der Waals surface area contributed by atoms with E-state index in [2.05, 4.69) is 42.6 Å². The Morgan fingerprint density at radius 2 is 2.04 bits per heavy atom. The summed E-state index contributed by atoms with van der Waals surface area (Å²) >= 11 is 1.77. The molecule has 3 amide bonds. The van der Waals surface area contributed by atoms with Gasteiger partial charge in [0.1, 0.15) is 6.33 Å². The van der Waals surface area contributed by atoms with Gasteiger partial charge in [0.2, 0.25) is 5.91 Å². The van der Waals surface area contributed by atoms with E-state index < -0.39 is 0 Å². The first-order valence-electron chi connectivity index (χ1n) is 8.15. The van der Waals surface area contributed by atoms with E-state index in [1.807, 2.05) is 4.90 Å². The van der Waals surface area contributed by atoms with Crippen molar-refractivity contribution in [3.8, 4) is 0 Å². The molecule has 1 saturated heterocycles. The Morgan fingerprint density at radius 1 is 1.29 bits per heavy atom. The zero-order chi connectivity index (χ0) is 17.7. The first kappa shape index (κ1) is 18.7. The van der Waals surface area contributed by atoms with Gasteiger partial charge < -0.3 is 4.90 Å². The lowest BCUT2D eigenvalue weighted by Gasteiger charge is -2.39. The second-order valence-electron chi connectivity index (χ2n) is 7.04. The van der Waals surface area contributed by atoms with Crippen LogP contribution in [0.25, 0.3) is 0 Å². The van der Waals surface area contributed by atoms with Crippen molar-refractivity contribution < 1.29 is 9.59 Å². The molecule has 0 spiro atoms. The van der Waals surface area contributed by atoms with Crippen molar-refractivity contribution in [2.24, 2.45) is 5.41 Å². The lowest BCUT2D eigenvalue weighted by molar-refractivity contribution is -0.131. The van der Waals surface area contributed by atoms with Gasteiger partial charge in [-0.2, -0.15) is 11.8 Å². The third-order valence-electron chi connectivity index (χ3n) is 4.20. The number of urea groups is 1. The molecule has 9 heteroatoms. The van der Waals surface area contributed by atoms with E-state index in [0.717, 1.165) is 0 Å². The van der Waals surface area contributed by atoms with Crippen molar-refractivity contribution >= 4 is 23.7 Å². The number of aryl methyl sites for hydroxylation is 1. The largest absolute Gasteiger partial charge is 0.326 e. The highest BCUT2D eigenvalue weighted by atomic mass is 32.2. The molecule has 8 nitrogen and oxygen atoms in total. The fourth-order valence-electron chi connectivity index (χ4n) is 2.70. The summed E-state index contributed by atoms with van der Waals surface area (Å²) in [5.74, 6) is -0.0931. The Morgan fingerprint density at radius 3 is 2.62 bits per heavy atom. The summed E-state index contributed by atoms with van der Waals surface area (Å²) in [6.07, 6.45) is 4.63. The highest BCUT2D eigenvalue weighted by Gasteiger charge is 2.35. The van der Waals surface area contributed by atoms with E-state index in [1.54, 1.807) is 16.4 Å². The molecule has 1 fully saturated rings. The van der Waals surface area contributed by atoms with Crippen LogP contribution in [0.2, 0.25) is 0 Å². The molecule has 2 rings (SSSR count). The van der Waals surface area contributed by atoms with Gasteiger partial charge in [-0.3, -0.25) is 9.69 Å². The summed E-state index contributed by atoms with van der Waals surface area (Å²) in [5.41, 5.74) is 0.103. The number of hydrogen-bond acceptors (Lipinski definition) is 6. The summed E-state index contributed by atoms with van der Waals surface area (Å²) in [5, 5.41) is 11.3. The van der Waals surface area contributed by atoms with Crippen molar-refractivity contribution in [3.05, 3.63) is 6.33 Å². The number of carbonyl (C=O) groups excluding carboxylic acids is 2. The monoisotopic (exact) mass is 354 g/mol. The minimum absolute atomic E-state index is 0.0931. The van der Waals surface area contributed by atoms with E-state index in [0.29, 0.717) is 44.3 Å². The summed E-state index contributed by atoms with van der Waals surface area (Å²) in [7, 11) is 0. The lowest BCUT2D eigenvalue weighted by Crippen LogP contribution is -2.54. The second kappa shape index (κ2) is 7.96. The molecule has 1 unspecified atom stereocenters. The van der Waals surface area contributed by atoms with Crippen LogP contribution in [0, 0.1) is 5.41 Å². The Labute approximate surface area is 146 Å². The van der Waals surface area contributed by atoms with Crippen LogP contribution < -0.4 is 0 Å². The van der Waals surface area contributed by atoms with Gasteiger partial charge in [-0.15, -0.1) is 5.10 Å². The highest BCUT2D eigenvalue weighted by molar-refractivity contribution is 7.99. The summed E-state index contributed by atoms with van der Waals surface area (Å²) in [6, 6.07) is -0.175. The standard InChI is InChI=1S/C15H26N6O2S/c1-15(2,3)12(24-4)10-19-9-6-13(22)21(14(19)23)8-5-7-20-11-16-17-18-20/h11-12H,5-10H2,1-4H3. The van der Waals surface area contributed by atoms with E-state index in [4.69, 9.17) is 0 Å². The molecule has 1 aliphatic heterocycles. The average molecular weight is 354 g/mol. The number of imide groups is 1. The van der Waals surface area contributed by atoms with Crippen LogP contribution >= 0.6 is 11.8 Å². The minimum Gasteiger partial charge on any atom is -0.323 e. The SMILES string of the molecule is CSC(CN1CCC(=O)N(CCCn2cnnn2)C1=O)C(C)(C)C. The topological polar surface area (TPSA) is 84.2 Å². The number of nitrogens with zero attached hydrogens (tertiary/aromatic N) is 6. The lowest BCUT2D eigenvalue weighted by atomic mass is 9.91. The maximum Gasteiger partial charge on any atom is 0.326 e. The Kier molecular flexibility index (Phi) is 6.20. The van der Waals surface area contributed by atoms with Crippen molar-refractivity contribution in [3.63, 3.8) is 0 Å². The number of tetrazole rings is 1. The Balaban J connectivity index is 1.93. The average Bonchev–Trinajstić information content (AvgIpc) is 3.02. The van der Waals surface area contributed by atoms with Crippen molar-refractivity contribution in [2.75, 3.05) is 25.9 Å². The maximum atomic E-state index is 12.7. The summed E-state index contributed by atoms with van der Waals surface area (Å²) < 4.78 is 1.60. The number of carbonyl (C=O) groups is 2. The quantitative estimate of drug-likeness (QED) is 0.738. The van der Waals surface area contributed by atoms with Gasteiger partial charge in [-0.1, -0.05) is 20.8 Å². The van der Waals surface area contributed by atoms with Crippen LogP contribution in [0.3, 0.4) is 0 Å². The van der Waals surface area contributed by atoms with Gasteiger partial charge in [0, 0.05) is 37.8 Å². The molecule has 0 radical (unpaired) electrons. The van der Waals surface area contributed by atoms with Crippen molar-refractivity contribution in [1.82, 2.24) is 30.0 Å². The predicted molar refractivity (Wildman–Crippen MR) is 92.5 cm³/mol. The number of hydrogen-bond donors (Lipinski definition) is 0. The first-order valence-corrected chi connectivity index (χ1v) is 9.44. The van der Waals surface area contributed by atoms with Gasteiger partial charge >= 0.3 is 6.03 Å². The number of rotatable bonds is 7. The molecular weight excluding hydrogens is 328 g/mol. The van der Waals surface area contributed by atoms with Crippen LogP contribution in [0.15, 0.2) is 6.33 Å². The van der Waals surface area contributed by atoms with Gasteiger partial charge in [-0.05, 0) is 28.5 Å². The van der Waals surface area contributed by atoms with Crippen LogP contribution in [-0.2, 0) is 11.3 Å². The van der Waals surface area contributed by atoms with Gasteiger partial charge in [-0.25, -0.2) is 9.48 Å². The van der Waals surface area contributed by atoms with Crippen LogP contribution in [0.1, 0.15) is 33.6 Å². The van der Waals surface area contributed by atoms with Crippen LogP contribution in [-0.4, -0.2) is 73.1 Å². The fourth-order valence-corrected chi connectivity index (χ4v) is 3.74. The van der Waals surface area contributed by atoms with Crippen molar-refractivity contribution in [1.29, 1.82) is 0 Å². The number of amides is 3. The van der Waals surface area contributed by atoms with Crippen LogP contribution in [0.4, 0.5) is 4.79 Å². The Hall–Kier alpha value is -1.64. The molecule has 0 aromatic carbocycles.